The first kappa shape index (κ1) is 18.0. The van der Waals surface area contributed by atoms with Gasteiger partial charge >= 0.3 is 0 Å². The molecule has 0 bridgehead atoms. The first-order chi connectivity index (χ1) is 13.6. The zero-order valence-electron chi connectivity index (χ0n) is 15.1. The van der Waals surface area contributed by atoms with Gasteiger partial charge in [0.2, 0.25) is 5.95 Å². The van der Waals surface area contributed by atoms with E-state index in [4.69, 9.17) is 5.73 Å². The number of nitrogens with zero attached hydrogens (tertiary/aromatic N) is 5. The van der Waals surface area contributed by atoms with Crippen molar-refractivity contribution in [3.05, 3.63) is 46.9 Å². The fourth-order valence-electron chi connectivity index (χ4n) is 3.30. The highest BCUT2D eigenvalue weighted by Gasteiger charge is 2.19. The molecule has 1 aliphatic carbocycles. The molecule has 144 valence electrons. The summed E-state index contributed by atoms with van der Waals surface area (Å²) in [6.07, 6.45) is 6.96. The van der Waals surface area contributed by atoms with Crippen molar-refractivity contribution in [2.75, 3.05) is 10.6 Å². The fraction of sp³-hybridized carbons (Fsp3) is 0.333. The van der Waals surface area contributed by atoms with Crippen molar-refractivity contribution < 1.29 is 4.92 Å². The maximum atomic E-state index is 11.0. The minimum absolute atomic E-state index is 0.00384. The normalized spacial score (nSPS) is 19.3. The van der Waals surface area contributed by atoms with Crippen LogP contribution in [0.25, 0.3) is 11.0 Å². The number of anilines is 3. The maximum Gasteiger partial charge on any atom is 0.271 e. The summed E-state index contributed by atoms with van der Waals surface area (Å²) in [5.74, 6) is 0.964. The van der Waals surface area contributed by atoms with E-state index in [0.29, 0.717) is 28.5 Å². The second-order valence-electron chi connectivity index (χ2n) is 6.84. The molecule has 0 spiro atoms. The number of fused-ring (bicyclic) bond motifs is 1. The van der Waals surface area contributed by atoms with E-state index in [1.54, 1.807) is 18.3 Å². The van der Waals surface area contributed by atoms with Crippen LogP contribution in [0.5, 0.6) is 0 Å². The molecule has 4 rings (SSSR count). The number of non-ortho nitro benzene ring substituents is 1. The van der Waals surface area contributed by atoms with Crippen molar-refractivity contribution in [3.63, 3.8) is 0 Å². The third kappa shape index (κ3) is 3.96. The average Bonchev–Trinajstić information content (AvgIpc) is 2.70. The highest BCUT2D eigenvalue weighted by atomic mass is 16.6. The van der Waals surface area contributed by atoms with E-state index in [1.165, 1.54) is 18.5 Å². The first-order valence-electron chi connectivity index (χ1n) is 9.10. The number of nitrogens with one attached hydrogen (secondary N) is 2. The zero-order chi connectivity index (χ0) is 19.5. The molecule has 2 heterocycles. The predicted octanol–water partition coefficient (Wildman–Crippen LogP) is 2.75. The Morgan fingerprint density at radius 1 is 1.14 bits per heavy atom. The molecule has 1 aliphatic rings. The molecule has 0 amide bonds. The Bertz CT molecular complexity index is 1000. The van der Waals surface area contributed by atoms with Crippen LogP contribution < -0.4 is 16.4 Å². The Morgan fingerprint density at radius 3 is 2.75 bits per heavy atom. The number of benzene rings is 1. The van der Waals surface area contributed by atoms with Crippen molar-refractivity contribution in [2.24, 2.45) is 5.73 Å². The highest BCUT2D eigenvalue weighted by molar-refractivity contribution is 5.87. The summed E-state index contributed by atoms with van der Waals surface area (Å²) in [7, 11) is 0. The lowest BCUT2D eigenvalue weighted by Crippen LogP contribution is -2.33. The van der Waals surface area contributed by atoms with Gasteiger partial charge in [-0.25, -0.2) is 19.9 Å². The molecular weight excluding hydrogens is 360 g/mol. The summed E-state index contributed by atoms with van der Waals surface area (Å²) in [5.41, 5.74) is 7.63. The number of hydrogen-bond acceptors (Lipinski definition) is 9. The molecule has 0 radical (unpaired) electrons. The van der Waals surface area contributed by atoms with Crippen LogP contribution in [0, 0.1) is 10.1 Å². The number of hydrogen-bond donors (Lipinski definition) is 3. The second-order valence-corrected chi connectivity index (χ2v) is 6.84. The number of nitro groups is 1. The molecule has 0 unspecified atom stereocenters. The van der Waals surface area contributed by atoms with E-state index in [-0.39, 0.29) is 17.8 Å². The molecule has 0 atom stereocenters. The molecule has 2 aromatic heterocycles. The molecular formula is C18H20N8O2. The van der Waals surface area contributed by atoms with E-state index in [2.05, 4.69) is 30.6 Å². The Hall–Kier alpha value is -3.40. The van der Waals surface area contributed by atoms with Crippen molar-refractivity contribution in [3.8, 4) is 0 Å². The Kier molecular flexibility index (Phi) is 4.94. The third-order valence-electron chi connectivity index (χ3n) is 4.80. The lowest BCUT2D eigenvalue weighted by Gasteiger charge is -2.26. The average molecular weight is 380 g/mol. The molecule has 0 saturated heterocycles. The first-order valence-corrected chi connectivity index (χ1v) is 9.10. The van der Waals surface area contributed by atoms with Crippen molar-refractivity contribution in [1.29, 1.82) is 0 Å². The largest absolute Gasteiger partial charge is 0.351 e. The SMILES string of the molecule is NC1CCC(Nc2ncc3ncnc(Nc4cccc([N+](=O)[O-])c4)c3n2)CC1. The van der Waals surface area contributed by atoms with Gasteiger partial charge in [-0.05, 0) is 31.7 Å². The molecule has 10 heteroatoms. The molecule has 1 aromatic carbocycles. The molecule has 1 fully saturated rings. The second kappa shape index (κ2) is 7.69. The number of aromatic nitrogens is 4. The lowest BCUT2D eigenvalue weighted by molar-refractivity contribution is -0.384. The van der Waals surface area contributed by atoms with Crippen LogP contribution in [0.1, 0.15) is 25.7 Å². The van der Waals surface area contributed by atoms with Gasteiger partial charge in [-0.3, -0.25) is 10.1 Å². The minimum Gasteiger partial charge on any atom is -0.351 e. The maximum absolute atomic E-state index is 11.0. The van der Waals surface area contributed by atoms with Crippen molar-refractivity contribution >= 4 is 34.2 Å². The molecule has 10 nitrogen and oxygen atoms in total. The van der Waals surface area contributed by atoms with Gasteiger partial charge in [-0.1, -0.05) is 6.07 Å². The summed E-state index contributed by atoms with van der Waals surface area (Å²) >= 11 is 0. The fourth-order valence-corrected chi connectivity index (χ4v) is 3.30. The monoisotopic (exact) mass is 380 g/mol. The van der Waals surface area contributed by atoms with Gasteiger partial charge in [-0.15, -0.1) is 0 Å². The van der Waals surface area contributed by atoms with Crippen LogP contribution in [0.2, 0.25) is 0 Å². The Labute approximate surface area is 160 Å². The van der Waals surface area contributed by atoms with Crippen LogP contribution in [0.15, 0.2) is 36.8 Å². The summed E-state index contributed by atoms with van der Waals surface area (Å²) in [5, 5.41) is 17.4. The molecule has 0 aliphatic heterocycles. The molecule has 1 saturated carbocycles. The minimum atomic E-state index is -0.441. The van der Waals surface area contributed by atoms with Gasteiger partial charge in [0.25, 0.3) is 5.69 Å². The van der Waals surface area contributed by atoms with Gasteiger partial charge in [0.05, 0.1) is 11.1 Å². The van der Waals surface area contributed by atoms with E-state index < -0.39 is 4.92 Å². The highest BCUT2D eigenvalue weighted by Crippen LogP contribution is 2.25. The van der Waals surface area contributed by atoms with Crippen LogP contribution >= 0.6 is 0 Å². The molecule has 28 heavy (non-hydrogen) atoms. The van der Waals surface area contributed by atoms with Crippen LogP contribution in [-0.2, 0) is 0 Å². The van der Waals surface area contributed by atoms with Crippen LogP contribution in [0.4, 0.5) is 23.1 Å². The molecule has 3 aromatic rings. The zero-order valence-corrected chi connectivity index (χ0v) is 15.1. The Balaban J connectivity index is 1.60. The van der Waals surface area contributed by atoms with Gasteiger partial charge in [0.15, 0.2) is 5.82 Å². The topological polar surface area (TPSA) is 145 Å². The van der Waals surface area contributed by atoms with Gasteiger partial charge in [0, 0.05) is 29.9 Å². The lowest BCUT2D eigenvalue weighted by atomic mass is 9.92. The third-order valence-corrected chi connectivity index (χ3v) is 4.80. The number of nitro benzene ring substituents is 1. The van der Waals surface area contributed by atoms with E-state index in [9.17, 15) is 10.1 Å². The summed E-state index contributed by atoms with van der Waals surface area (Å²) in [6.45, 7) is 0. The number of nitrogens with two attached hydrogens (primary N) is 1. The van der Waals surface area contributed by atoms with Crippen molar-refractivity contribution in [1.82, 2.24) is 19.9 Å². The van der Waals surface area contributed by atoms with E-state index in [1.807, 2.05) is 0 Å². The van der Waals surface area contributed by atoms with Gasteiger partial charge in [0.1, 0.15) is 17.4 Å². The van der Waals surface area contributed by atoms with Crippen LogP contribution in [0.3, 0.4) is 0 Å². The van der Waals surface area contributed by atoms with Crippen molar-refractivity contribution in [2.45, 2.75) is 37.8 Å². The standard InChI is InChI=1S/C18H20N8O2/c19-11-4-6-12(7-5-11)24-18-20-9-15-16(25-18)17(22-10-21-15)23-13-2-1-3-14(8-13)26(27)28/h1-3,8-12H,4-7,19H2,(H,20,24,25)(H,21,22,23). The van der Waals surface area contributed by atoms with Crippen LogP contribution in [-0.4, -0.2) is 36.9 Å². The summed E-state index contributed by atoms with van der Waals surface area (Å²) in [6, 6.07) is 6.78. The van der Waals surface area contributed by atoms with E-state index in [0.717, 1.165) is 25.7 Å². The molecule has 4 N–H and O–H groups in total. The quantitative estimate of drug-likeness (QED) is 0.449. The Morgan fingerprint density at radius 2 is 1.96 bits per heavy atom. The van der Waals surface area contributed by atoms with Gasteiger partial charge < -0.3 is 16.4 Å². The summed E-state index contributed by atoms with van der Waals surface area (Å²) in [4.78, 5) is 27.9. The van der Waals surface area contributed by atoms with Gasteiger partial charge in [-0.2, -0.15) is 0 Å². The summed E-state index contributed by atoms with van der Waals surface area (Å²) < 4.78 is 0. The predicted molar refractivity (Wildman–Crippen MR) is 105 cm³/mol. The smallest absolute Gasteiger partial charge is 0.271 e. The van der Waals surface area contributed by atoms with E-state index >= 15 is 0 Å². The number of rotatable bonds is 5.